The van der Waals surface area contributed by atoms with E-state index < -0.39 is 6.61 Å². The second kappa shape index (κ2) is 9.19. The molecular weight excluding hydrogens is 362 g/mol. The summed E-state index contributed by atoms with van der Waals surface area (Å²) >= 11 is 1.36. The first-order chi connectivity index (χ1) is 12.3. The van der Waals surface area contributed by atoms with Crippen LogP contribution < -0.4 is 15.4 Å². The van der Waals surface area contributed by atoms with Gasteiger partial charge in [0, 0.05) is 23.2 Å². The van der Waals surface area contributed by atoms with Crippen LogP contribution in [0.25, 0.3) is 0 Å². The molecule has 2 rings (SSSR count). The van der Waals surface area contributed by atoms with Gasteiger partial charge in [-0.25, -0.2) is 0 Å². The van der Waals surface area contributed by atoms with Crippen molar-refractivity contribution in [3.05, 3.63) is 48.5 Å². The lowest BCUT2D eigenvalue weighted by molar-refractivity contribution is -0.115. The molecule has 2 amide bonds. The second-order valence-electron chi connectivity index (χ2n) is 5.36. The van der Waals surface area contributed by atoms with Gasteiger partial charge >= 0.3 is 6.61 Å². The van der Waals surface area contributed by atoms with Crippen LogP contribution in [0.15, 0.2) is 53.4 Å². The molecule has 2 aromatic rings. The average molecular weight is 380 g/mol. The van der Waals surface area contributed by atoms with E-state index in [1.807, 2.05) is 12.1 Å². The van der Waals surface area contributed by atoms with E-state index in [-0.39, 0.29) is 22.8 Å². The molecule has 1 atom stereocenters. The summed E-state index contributed by atoms with van der Waals surface area (Å²) < 4.78 is 28.5. The SMILES string of the molecule is CC(=O)Nc1ccc(SC(C)C(=O)Nc2ccc(OC(F)F)cc2)cc1. The largest absolute Gasteiger partial charge is 0.435 e. The Morgan fingerprint density at radius 3 is 2.04 bits per heavy atom. The highest BCUT2D eigenvalue weighted by atomic mass is 32.2. The summed E-state index contributed by atoms with van der Waals surface area (Å²) in [6, 6.07) is 12.9. The summed E-state index contributed by atoms with van der Waals surface area (Å²) in [6.45, 7) is 0.306. The van der Waals surface area contributed by atoms with E-state index in [0.29, 0.717) is 11.4 Å². The maximum Gasteiger partial charge on any atom is 0.387 e. The van der Waals surface area contributed by atoms with Crippen molar-refractivity contribution in [1.82, 2.24) is 0 Å². The van der Waals surface area contributed by atoms with Crippen molar-refractivity contribution in [2.75, 3.05) is 10.6 Å². The minimum Gasteiger partial charge on any atom is -0.435 e. The summed E-state index contributed by atoms with van der Waals surface area (Å²) in [7, 11) is 0. The average Bonchev–Trinajstić information content (AvgIpc) is 2.57. The smallest absolute Gasteiger partial charge is 0.387 e. The number of benzene rings is 2. The first-order valence-electron chi connectivity index (χ1n) is 7.73. The zero-order chi connectivity index (χ0) is 19.1. The molecule has 0 aliphatic heterocycles. The highest BCUT2D eigenvalue weighted by molar-refractivity contribution is 8.00. The molecule has 0 bridgehead atoms. The molecule has 0 aromatic heterocycles. The van der Waals surface area contributed by atoms with Crippen molar-refractivity contribution in [1.29, 1.82) is 0 Å². The van der Waals surface area contributed by atoms with Crippen molar-refractivity contribution in [3.8, 4) is 5.75 Å². The first-order valence-corrected chi connectivity index (χ1v) is 8.61. The minimum atomic E-state index is -2.89. The van der Waals surface area contributed by atoms with E-state index in [9.17, 15) is 18.4 Å². The molecule has 8 heteroatoms. The molecule has 138 valence electrons. The number of nitrogens with one attached hydrogen (secondary N) is 2. The Kier molecular flexibility index (Phi) is 6.97. The highest BCUT2D eigenvalue weighted by Gasteiger charge is 2.15. The van der Waals surface area contributed by atoms with Gasteiger partial charge < -0.3 is 15.4 Å². The van der Waals surface area contributed by atoms with Gasteiger partial charge in [0.15, 0.2) is 0 Å². The summed E-state index contributed by atoms with van der Waals surface area (Å²) in [6.07, 6.45) is 0. The normalized spacial score (nSPS) is 11.7. The number of hydrogen-bond donors (Lipinski definition) is 2. The monoisotopic (exact) mass is 380 g/mol. The predicted octanol–water partition coefficient (Wildman–Crippen LogP) is 4.37. The van der Waals surface area contributed by atoms with Crippen LogP contribution in [0.1, 0.15) is 13.8 Å². The molecule has 0 radical (unpaired) electrons. The zero-order valence-corrected chi connectivity index (χ0v) is 15.0. The van der Waals surface area contributed by atoms with Gasteiger partial charge in [-0.15, -0.1) is 11.8 Å². The van der Waals surface area contributed by atoms with Crippen LogP contribution >= 0.6 is 11.8 Å². The van der Waals surface area contributed by atoms with Gasteiger partial charge in [0.2, 0.25) is 11.8 Å². The Labute approximate surface area is 154 Å². The van der Waals surface area contributed by atoms with Gasteiger partial charge in [-0.05, 0) is 55.5 Å². The van der Waals surface area contributed by atoms with E-state index in [1.54, 1.807) is 19.1 Å². The zero-order valence-electron chi connectivity index (χ0n) is 14.2. The van der Waals surface area contributed by atoms with Crippen molar-refractivity contribution in [2.24, 2.45) is 0 Å². The Morgan fingerprint density at radius 1 is 0.962 bits per heavy atom. The molecular formula is C18H18F2N2O3S. The van der Waals surface area contributed by atoms with E-state index in [2.05, 4.69) is 15.4 Å². The van der Waals surface area contributed by atoms with Crippen molar-refractivity contribution in [2.45, 2.75) is 30.6 Å². The summed E-state index contributed by atoms with van der Waals surface area (Å²) in [5.41, 5.74) is 1.18. The quantitative estimate of drug-likeness (QED) is 0.700. The molecule has 0 saturated heterocycles. The van der Waals surface area contributed by atoms with Gasteiger partial charge in [0.1, 0.15) is 5.75 Å². The molecule has 0 aliphatic carbocycles. The molecule has 0 spiro atoms. The molecule has 0 saturated carbocycles. The number of rotatable bonds is 7. The topological polar surface area (TPSA) is 67.4 Å². The fourth-order valence-electron chi connectivity index (χ4n) is 2.04. The lowest BCUT2D eigenvalue weighted by Gasteiger charge is -2.13. The van der Waals surface area contributed by atoms with Gasteiger partial charge in [0.05, 0.1) is 5.25 Å². The van der Waals surface area contributed by atoms with Gasteiger partial charge in [0.25, 0.3) is 0 Å². The van der Waals surface area contributed by atoms with E-state index in [1.165, 1.54) is 43.0 Å². The van der Waals surface area contributed by atoms with Crippen molar-refractivity contribution in [3.63, 3.8) is 0 Å². The van der Waals surface area contributed by atoms with Crippen LogP contribution in [0.4, 0.5) is 20.2 Å². The molecule has 5 nitrogen and oxygen atoms in total. The molecule has 0 fully saturated rings. The lowest BCUT2D eigenvalue weighted by Crippen LogP contribution is -2.22. The van der Waals surface area contributed by atoms with Crippen molar-refractivity contribution >= 4 is 35.0 Å². The van der Waals surface area contributed by atoms with Crippen LogP contribution in [0.5, 0.6) is 5.75 Å². The number of alkyl halides is 2. The van der Waals surface area contributed by atoms with Crippen molar-refractivity contribution < 1.29 is 23.1 Å². The molecule has 26 heavy (non-hydrogen) atoms. The number of ether oxygens (including phenoxy) is 1. The third kappa shape index (κ3) is 6.36. The molecule has 2 aromatic carbocycles. The number of thioether (sulfide) groups is 1. The number of hydrogen-bond acceptors (Lipinski definition) is 4. The van der Waals surface area contributed by atoms with Crippen LogP contribution in [0, 0.1) is 0 Å². The first kappa shape index (κ1) is 19.7. The maximum absolute atomic E-state index is 12.3. The molecule has 0 heterocycles. The second-order valence-corrected chi connectivity index (χ2v) is 6.77. The third-order valence-electron chi connectivity index (χ3n) is 3.20. The summed E-state index contributed by atoms with van der Waals surface area (Å²) in [5, 5.41) is 5.02. The summed E-state index contributed by atoms with van der Waals surface area (Å²) in [5.74, 6) is -0.341. The fourth-order valence-corrected chi connectivity index (χ4v) is 2.91. The fraction of sp³-hybridized carbons (Fsp3) is 0.222. The molecule has 2 N–H and O–H groups in total. The number of anilines is 2. The number of carbonyl (C=O) groups is 2. The van der Waals surface area contributed by atoms with E-state index in [4.69, 9.17) is 0 Å². The highest BCUT2D eigenvalue weighted by Crippen LogP contribution is 2.26. The lowest BCUT2D eigenvalue weighted by atomic mass is 10.3. The van der Waals surface area contributed by atoms with Gasteiger partial charge in [-0.2, -0.15) is 8.78 Å². The number of amides is 2. The Hall–Kier alpha value is -2.61. The standard InChI is InChI=1S/C18H18F2N2O3S/c1-11(26-16-9-5-13(6-10-16)21-12(2)23)17(24)22-14-3-7-15(8-4-14)25-18(19)20/h3-11,18H,1-2H3,(H,21,23)(H,22,24). The Balaban J connectivity index is 1.89. The Bertz CT molecular complexity index is 752. The van der Waals surface area contributed by atoms with Gasteiger partial charge in [-0.3, -0.25) is 9.59 Å². The van der Waals surface area contributed by atoms with Gasteiger partial charge in [-0.1, -0.05) is 0 Å². The van der Waals surface area contributed by atoms with Crippen LogP contribution in [-0.4, -0.2) is 23.7 Å². The maximum atomic E-state index is 12.3. The predicted molar refractivity (Wildman–Crippen MR) is 97.8 cm³/mol. The molecule has 1 unspecified atom stereocenters. The number of halogens is 2. The minimum absolute atomic E-state index is 0.0275. The number of carbonyl (C=O) groups excluding carboxylic acids is 2. The van der Waals surface area contributed by atoms with Crippen LogP contribution in [0.3, 0.4) is 0 Å². The molecule has 0 aliphatic rings. The Morgan fingerprint density at radius 2 is 1.50 bits per heavy atom. The third-order valence-corrected chi connectivity index (χ3v) is 4.32. The summed E-state index contributed by atoms with van der Waals surface area (Å²) in [4.78, 5) is 24.1. The van der Waals surface area contributed by atoms with E-state index in [0.717, 1.165) is 4.90 Å². The van der Waals surface area contributed by atoms with E-state index >= 15 is 0 Å². The van der Waals surface area contributed by atoms with Crippen LogP contribution in [-0.2, 0) is 9.59 Å². The van der Waals surface area contributed by atoms with Crippen LogP contribution in [0.2, 0.25) is 0 Å².